The summed E-state index contributed by atoms with van der Waals surface area (Å²) < 4.78 is 40.7. The average Bonchev–Trinajstić information content (AvgIpc) is 2.75. The molecule has 21 heavy (non-hydrogen) atoms. The third kappa shape index (κ3) is 3.34. The van der Waals surface area contributed by atoms with Crippen LogP contribution in [0.3, 0.4) is 0 Å². The number of halogens is 3. The standard InChI is InChI=1S/C13H16Br2FNO3S/c1-13(2,18)11-4-3-5-17(11)21(19,20)12-9(14)6-8(16)7-10(12)15/h6-7,11,18H,3-5H2,1-2H3. The van der Waals surface area contributed by atoms with Crippen LogP contribution in [0.25, 0.3) is 0 Å². The molecule has 1 aromatic carbocycles. The second-order valence-corrected chi connectivity index (χ2v) is 9.16. The van der Waals surface area contributed by atoms with Crippen LogP contribution in [0.15, 0.2) is 26.0 Å². The van der Waals surface area contributed by atoms with Gasteiger partial charge in [0.15, 0.2) is 0 Å². The van der Waals surface area contributed by atoms with Crippen LogP contribution in [0.4, 0.5) is 4.39 Å². The molecule has 1 saturated heterocycles. The number of hydrogen-bond acceptors (Lipinski definition) is 3. The van der Waals surface area contributed by atoms with Crippen LogP contribution in [0, 0.1) is 5.82 Å². The first-order chi connectivity index (χ1) is 9.55. The van der Waals surface area contributed by atoms with Crippen molar-refractivity contribution in [3.63, 3.8) is 0 Å². The molecule has 1 fully saturated rings. The van der Waals surface area contributed by atoms with E-state index in [2.05, 4.69) is 31.9 Å². The summed E-state index contributed by atoms with van der Waals surface area (Å²) in [6.07, 6.45) is 1.28. The highest BCUT2D eigenvalue weighted by molar-refractivity contribution is 9.11. The zero-order chi connectivity index (χ0) is 16.0. The second kappa shape index (κ2) is 5.88. The highest BCUT2D eigenvalue weighted by atomic mass is 79.9. The molecule has 0 spiro atoms. The third-order valence-corrected chi connectivity index (χ3v) is 7.33. The molecule has 1 aromatic rings. The molecule has 1 atom stereocenters. The predicted octanol–water partition coefficient (Wildman–Crippen LogP) is 3.27. The Morgan fingerprint density at radius 2 is 1.86 bits per heavy atom. The molecular formula is C13H16Br2FNO3S. The lowest BCUT2D eigenvalue weighted by molar-refractivity contribution is 0.0214. The summed E-state index contributed by atoms with van der Waals surface area (Å²) in [4.78, 5) is -0.0138. The fraction of sp³-hybridized carbons (Fsp3) is 0.538. The Hall–Kier alpha value is -0.0200. The molecule has 1 unspecified atom stereocenters. The van der Waals surface area contributed by atoms with E-state index in [0.717, 1.165) is 12.1 Å². The number of rotatable bonds is 3. The third-order valence-electron chi connectivity index (χ3n) is 3.55. The molecule has 0 saturated carbocycles. The molecule has 8 heteroatoms. The van der Waals surface area contributed by atoms with Crippen LogP contribution in [0.2, 0.25) is 0 Å². The second-order valence-electron chi connectivity index (χ2n) is 5.63. The molecule has 1 aliphatic rings. The van der Waals surface area contributed by atoms with Gasteiger partial charge in [-0.25, -0.2) is 12.8 Å². The van der Waals surface area contributed by atoms with Crippen LogP contribution >= 0.6 is 31.9 Å². The number of sulfonamides is 1. The topological polar surface area (TPSA) is 57.6 Å². The molecular weight excluding hydrogens is 429 g/mol. The molecule has 0 radical (unpaired) electrons. The van der Waals surface area contributed by atoms with Crippen molar-refractivity contribution in [2.45, 2.75) is 43.2 Å². The Labute approximate surface area is 140 Å². The summed E-state index contributed by atoms with van der Waals surface area (Å²) in [6, 6.07) is 1.74. The minimum Gasteiger partial charge on any atom is -0.389 e. The number of aliphatic hydroxyl groups is 1. The lowest BCUT2D eigenvalue weighted by atomic mass is 9.98. The van der Waals surface area contributed by atoms with Gasteiger partial charge in [0.25, 0.3) is 0 Å². The Morgan fingerprint density at radius 1 is 1.33 bits per heavy atom. The van der Waals surface area contributed by atoms with Crippen molar-refractivity contribution in [3.05, 3.63) is 26.9 Å². The van der Waals surface area contributed by atoms with Crippen molar-refractivity contribution in [1.29, 1.82) is 0 Å². The summed E-state index contributed by atoms with van der Waals surface area (Å²) in [5, 5.41) is 10.2. The molecule has 2 rings (SSSR count). The van der Waals surface area contributed by atoms with Crippen molar-refractivity contribution in [2.24, 2.45) is 0 Å². The lowest BCUT2D eigenvalue weighted by Gasteiger charge is -2.33. The van der Waals surface area contributed by atoms with Gasteiger partial charge in [0.2, 0.25) is 10.0 Å². The number of benzene rings is 1. The van der Waals surface area contributed by atoms with Crippen LogP contribution in [-0.4, -0.2) is 36.0 Å². The minimum atomic E-state index is -3.84. The van der Waals surface area contributed by atoms with Crippen LogP contribution in [0.5, 0.6) is 0 Å². The van der Waals surface area contributed by atoms with Crippen LogP contribution in [0.1, 0.15) is 26.7 Å². The van der Waals surface area contributed by atoms with Gasteiger partial charge in [0.05, 0.1) is 11.6 Å². The van der Waals surface area contributed by atoms with Gasteiger partial charge in [-0.1, -0.05) is 0 Å². The Morgan fingerprint density at radius 3 is 2.33 bits per heavy atom. The molecule has 118 valence electrons. The lowest BCUT2D eigenvalue weighted by Crippen LogP contribution is -2.48. The van der Waals surface area contributed by atoms with Gasteiger partial charge in [0, 0.05) is 15.5 Å². The van der Waals surface area contributed by atoms with E-state index in [9.17, 15) is 17.9 Å². The summed E-state index contributed by atoms with van der Waals surface area (Å²) >= 11 is 6.23. The predicted molar refractivity (Wildman–Crippen MR) is 85.0 cm³/mol. The van der Waals surface area contributed by atoms with Crippen molar-refractivity contribution in [3.8, 4) is 0 Å². The molecule has 4 nitrogen and oxygen atoms in total. The van der Waals surface area contributed by atoms with Crippen LogP contribution < -0.4 is 0 Å². The Kier molecular flexibility index (Phi) is 4.86. The highest BCUT2D eigenvalue weighted by Crippen LogP contribution is 2.38. The first-order valence-electron chi connectivity index (χ1n) is 6.44. The van der Waals surface area contributed by atoms with Crippen molar-refractivity contribution in [2.75, 3.05) is 6.54 Å². The van der Waals surface area contributed by atoms with E-state index in [1.807, 2.05) is 0 Å². The van der Waals surface area contributed by atoms with E-state index in [0.29, 0.717) is 19.4 Å². The van der Waals surface area contributed by atoms with E-state index in [1.54, 1.807) is 13.8 Å². The van der Waals surface area contributed by atoms with Crippen molar-refractivity contribution in [1.82, 2.24) is 4.31 Å². The quantitative estimate of drug-likeness (QED) is 0.778. The largest absolute Gasteiger partial charge is 0.389 e. The smallest absolute Gasteiger partial charge is 0.245 e. The molecule has 0 amide bonds. The Bertz CT molecular complexity index is 635. The molecule has 1 heterocycles. The zero-order valence-corrected chi connectivity index (χ0v) is 15.6. The van der Waals surface area contributed by atoms with Gasteiger partial charge in [-0.05, 0) is 70.7 Å². The van der Waals surface area contributed by atoms with E-state index >= 15 is 0 Å². The number of nitrogens with zero attached hydrogens (tertiary/aromatic N) is 1. The molecule has 0 bridgehead atoms. The van der Waals surface area contributed by atoms with Gasteiger partial charge in [-0.15, -0.1) is 0 Å². The summed E-state index contributed by atoms with van der Waals surface area (Å²) in [5.74, 6) is -0.534. The fourth-order valence-corrected chi connectivity index (χ4v) is 6.90. The van der Waals surface area contributed by atoms with Gasteiger partial charge in [-0.3, -0.25) is 0 Å². The number of hydrogen-bond donors (Lipinski definition) is 1. The van der Waals surface area contributed by atoms with Gasteiger partial charge < -0.3 is 5.11 Å². The fourth-order valence-electron chi connectivity index (χ4n) is 2.63. The molecule has 1 N–H and O–H groups in total. The maximum absolute atomic E-state index is 13.3. The highest BCUT2D eigenvalue weighted by Gasteiger charge is 2.43. The molecule has 1 aliphatic heterocycles. The minimum absolute atomic E-state index is 0.0138. The summed E-state index contributed by atoms with van der Waals surface area (Å²) in [5.41, 5.74) is -1.14. The van der Waals surface area contributed by atoms with Gasteiger partial charge in [-0.2, -0.15) is 4.31 Å². The van der Waals surface area contributed by atoms with Gasteiger partial charge in [0.1, 0.15) is 10.7 Å². The zero-order valence-electron chi connectivity index (χ0n) is 11.6. The van der Waals surface area contributed by atoms with Crippen LogP contribution in [-0.2, 0) is 10.0 Å². The van der Waals surface area contributed by atoms with E-state index in [4.69, 9.17) is 0 Å². The SMILES string of the molecule is CC(C)(O)C1CCCN1S(=O)(=O)c1c(Br)cc(F)cc1Br. The summed E-state index contributed by atoms with van der Waals surface area (Å²) in [6.45, 7) is 3.54. The van der Waals surface area contributed by atoms with Crippen molar-refractivity contribution >= 4 is 41.9 Å². The summed E-state index contributed by atoms with van der Waals surface area (Å²) in [7, 11) is -3.84. The maximum Gasteiger partial charge on any atom is 0.245 e. The van der Waals surface area contributed by atoms with E-state index in [-0.39, 0.29) is 13.8 Å². The Balaban J connectivity index is 2.53. The first-order valence-corrected chi connectivity index (χ1v) is 9.46. The van der Waals surface area contributed by atoms with Crippen molar-refractivity contribution < 1.29 is 17.9 Å². The monoisotopic (exact) mass is 443 g/mol. The normalized spacial score (nSPS) is 21.0. The van der Waals surface area contributed by atoms with E-state index in [1.165, 1.54) is 4.31 Å². The maximum atomic E-state index is 13.3. The van der Waals surface area contributed by atoms with Gasteiger partial charge >= 0.3 is 0 Å². The molecule has 0 aliphatic carbocycles. The average molecular weight is 445 g/mol. The molecule has 0 aromatic heterocycles. The first kappa shape index (κ1) is 17.3. The van der Waals surface area contributed by atoms with E-state index < -0.39 is 27.5 Å².